The zero-order valence-corrected chi connectivity index (χ0v) is 18.5. The fourth-order valence-corrected chi connectivity index (χ4v) is 4.96. The highest BCUT2D eigenvalue weighted by atomic mass is 16.6. The van der Waals surface area contributed by atoms with Crippen LogP contribution in [0.15, 0.2) is 0 Å². The maximum absolute atomic E-state index is 13.5. The molecule has 0 bridgehead atoms. The minimum Gasteiger partial charge on any atom is -0.467 e. The molecule has 2 amide bonds. The number of hydrogen-bond acceptors (Lipinski definition) is 6. The SMILES string of the molecule is COC(=O)[C@@H]1[C@@H]2[C@H](CN1C(=O)[C@H](CN1CCCC1)NC(=O)OC(C)(C)C)C2(C)C. The summed E-state index contributed by atoms with van der Waals surface area (Å²) < 4.78 is 10.4. The van der Waals surface area contributed by atoms with Gasteiger partial charge in [0.2, 0.25) is 5.91 Å². The van der Waals surface area contributed by atoms with Crippen LogP contribution >= 0.6 is 0 Å². The summed E-state index contributed by atoms with van der Waals surface area (Å²) in [6, 6.07) is -1.34. The second-order valence-electron chi connectivity index (χ2n) is 10.1. The summed E-state index contributed by atoms with van der Waals surface area (Å²) in [6.07, 6.45) is 1.55. The van der Waals surface area contributed by atoms with E-state index in [-0.39, 0.29) is 29.1 Å². The highest BCUT2D eigenvalue weighted by molar-refractivity contribution is 5.91. The molecule has 8 nitrogen and oxygen atoms in total. The molecule has 0 spiro atoms. The van der Waals surface area contributed by atoms with Crippen molar-refractivity contribution in [2.45, 2.75) is 65.1 Å². The Morgan fingerprint density at radius 3 is 2.34 bits per heavy atom. The quantitative estimate of drug-likeness (QED) is 0.695. The van der Waals surface area contributed by atoms with Crippen LogP contribution in [0.1, 0.15) is 47.5 Å². The normalized spacial score (nSPS) is 29.2. The van der Waals surface area contributed by atoms with Crippen LogP contribution in [-0.2, 0) is 19.1 Å². The smallest absolute Gasteiger partial charge is 0.408 e. The van der Waals surface area contributed by atoms with Crippen molar-refractivity contribution in [3.8, 4) is 0 Å². The van der Waals surface area contributed by atoms with Crippen molar-refractivity contribution in [1.29, 1.82) is 0 Å². The van der Waals surface area contributed by atoms with Crippen LogP contribution in [0.4, 0.5) is 4.79 Å². The maximum Gasteiger partial charge on any atom is 0.408 e. The van der Waals surface area contributed by atoms with Gasteiger partial charge in [0.15, 0.2) is 0 Å². The minimum absolute atomic E-state index is 0.0265. The summed E-state index contributed by atoms with van der Waals surface area (Å²) in [4.78, 5) is 42.1. The molecule has 0 aromatic heterocycles. The van der Waals surface area contributed by atoms with Gasteiger partial charge < -0.3 is 24.6 Å². The number of nitrogens with one attached hydrogen (secondary N) is 1. The van der Waals surface area contributed by atoms with Gasteiger partial charge in [0.05, 0.1) is 7.11 Å². The minimum atomic E-state index is -0.754. The van der Waals surface area contributed by atoms with Gasteiger partial charge in [0.1, 0.15) is 17.7 Å². The number of alkyl carbamates (subject to hydrolysis) is 1. The molecule has 4 atom stereocenters. The van der Waals surface area contributed by atoms with Crippen molar-refractivity contribution in [3.05, 3.63) is 0 Å². The van der Waals surface area contributed by atoms with Crippen molar-refractivity contribution in [2.75, 3.05) is 33.3 Å². The van der Waals surface area contributed by atoms with Crippen LogP contribution in [-0.4, -0.2) is 78.7 Å². The lowest BCUT2D eigenvalue weighted by atomic mass is 10.0. The molecule has 3 fully saturated rings. The molecule has 2 heterocycles. The van der Waals surface area contributed by atoms with E-state index < -0.39 is 23.8 Å². The van der Waals surface area contributed by atoms with Crippen LogP contribution in [0.2, 0.25) is 0 Å². The largest absolute Gasteiger partial charge is 0.467 e. The predicted octanol–water partition coefficient (Wildman–Crippen LogP) is 1.63. The molecular weight excluding hydrogens is 374 g/mol. The standard InChI is InChI=1S/C21H35N3O5/c1-20(2,3)29-19(27)22-14(12-23-9-7-8-10-23)17(25)24-11-13-15(21(13,4)5)16(24)18(26)28-6/h13-16H,7-12H2,1-6H3,(H,22,27)/t13-,14-,15-,16-/m0/s1. The van der Waals surface area contributed by atoms with Gasteiger partial charge in [-0.2, -0.15) is 0 Å². The van der Waals surface area contributed by atoms with Gasteiger partial charge in [-0.05, 0) is 58.0 Å². The van der Waals surface area contributed by atoms with Crippen molar-refractivity contribution >= 4 is 18.0 Å². The molecule has 1 saturated carbocycles. The monoisotopic (exact) mass is 409 g/mol. The Bertz CT molecular complexity index is 666. The third kappa shape index (κ3) is 4.52. The topological polar surface area (TPSA) is 88.2 Å². The van der Waals surface area contributed by atoms with Gasteiger partial charge in [0, 0.05) is 19.0 Å². The third-order valence-electron chi connectivity index (χ3n) is 6.56. The summed E-state index contributed by atoms with van der Waals surface area (Å²) in [7, 11) is 1.36. The van der Waals surface area contributed by atoms with Gasteiger partial charge in [-0.25, -0.2) is 9.59 Å². The van der Waals surface area contributed by atoms with Crippen molar-refractivity contribution < 1.29 is 23.9 Å². The van der Waals surface area contributed by atoms with Gasteiger partial charge in [0.25, 0.3) is 0 Å². The number of carbonyl (C=O) groups is 3. The Morgan fingerprint density at radius 2 is 1.79 bits per heavy atom. The highest BCUT2D eigenvalue weighted by Gasteiger charge is 2.70. The Labute approximate surface area is 173 Å². The fourth-order valence-electron chi connectivity index (χ4n) is 4.96. The first-order chi connectivity index (χ1) is 13.5. The van der Waals surface area contributed by atoms with E-state index in [0.29, 0.717) is 13.1 Å². The summed E-state index contributed by atoms with van der Waals surface area (Å²) in [6.45, 7) is 12.3. The summed E-state index contributed by atoms with van der Waals surface area (Å²) in [5.74, 6) is -0.229. The lowest BCUT2D eigenvalue weighted by Gasteiger charge is -2.33. The molecule has 3 rings (SSSR count). The number of likely N-dealkylation sites (tertiary alicyclic amines) is 2. The number of piperidine rings is 1. The summed E-state index contributed by atoms with van der Waals surface area (Å²) in [5, 5.41) is 2.76. The number of fused-ring (bicyclic) bond motifs is 1. The number of carbonyl (C=O) groups excluding carboxylic acids is 3. The second kappa shape index (κ2) is 7.78. The van der Waals surface area contributed by atoms with Crippen LogP contribution in [0.25, 0.3) is 0 Å². The van der Waals surface area contributed by atoms with Crippen LogP contribution in [0, 0.1) is 17.3 Å². The molecule has 0 unspecified atom stereocenters. The first kappa shape index (κ1) is 21.9. The van der Waals surface area contributed by atoms with E-state index >= 15 is 0 Å². The molecule has 0 aromatic rings. The molecule has 0 radical (unpaired) electrons. The molecule has 1 aliphatic carbocycles. The average molecular weight is 410 g/mol. The Kier molecular flexibility index (Phi) is 5.87. The number of rotatable bonds is 5. The van der Waals surface area contributed by atoms with E-state index in [1.54, 1.807) is 25.7 Å². The van der Waals surface area contributed by atoms with Gasteiger partial charge >= 0.3 is 12.1 Å². The van der Waals surface area contributed by atoms with Crippen molar-refractivity contribution in [2.24, 2.45) is 17.3 Å². The van der Waals surface area contributed by atoms with E-state index in [1.165, 1.54) is 7.11 Å². The fraction of sp³-hybridized carbons (Fsp3) is 0.857. The van der Waals surface area contributed by atoms with E-state index in [0.717, 1.165) is 25.9 Å². The molecule has 164 valence electrons. The Hall–Kier alpha value is -1.83. The van der Waals surface area contributed by atoms with Crippen molar-refractivity contribution in [3.63, 3.8) is 0 Å². The van der Waals surface area contributed by atoms with Crippen LogP contribution < -0.4 is 5.32 Å². The summed E-state index contributed by atoms with van der Waals surface area (Å²) >= 11 is 0. The van der Waals surface area contributed by atoms with Crippen molar-refractivity contribution in [1.82, 2.24) is 15.1 Å². The van der Waals surface area contributed by atoms with E-state index in [9.17, 15) is 14.4 Å². The first-order valence-corrected chi connectivity index (χ1v) is 10.6. The number of methoxy groups -OCH3 is 1. The van der Waals surface area contributed by atoms with Crippen LogP contribution in [0.5, 0.6) is 0 Å². The van der Waals surface area contributed by atoms with E-state index in [2.05, 4.69) is 24.1 Å². The first-order valence-electron chi connectivity index (χ1n) is 10.6. The molecule has 0 aromatic carbocycles. The zero-order chi connectivity index (χ0) is 21.6. The molecular formula is C21H35N3O5. The molecule has 2 saturated heterocycles. The third-order valence-corrected chi connectivity index (χ3v) is 6.56. The predicted molar refractivity (Wildman–Crippen MR) is 107 cm³/mol. The Balaban J connectivity index is 1.76. The zero-order valence-electron chi connectivity index (χ0n) is 18.5. The molecule has 8 heteroatoms. The number of nitrogens with zero attached hydrogens (tertiary/aromatic N) is 2. The van der Waals surface area contributed by atoms with E-state index in [1.807, 2.05) is 0 Å². The molecule has 3 aliphatic rings. The average Bonchev–Trinajstić information content (AvgIpc) is 3.06. The summed E-state index contributed by atoms with van der Waals surface area (Å²) in [5.41, 5.74) is -0.627. The van der Waals surface area contributed by atoms with Gasteiger partial charge in [-0.1, -0.05) is 13.8 Å². The van der Waals surface area contributed by atoms with Gasteiger partial charge in [-0.15, -0.1) is 0 Å². The number of ether oxygens (including phenoxy) is 2. The molecule has 1 N–H and O–H groups in total. The Morgan fingerprint density at radius 1 is 1.17 bits per heavy atom. The van der Waals surface area contributed by atoms with Gasteiger partial charge in [-0.3, -0.25) is 4.79 Å². The second-order valence-corrected chi connectivity index (χ2v) is 10.1. The highest BCUT2D eigenvalue weighted by Crippen LogP contribution is 2.65. The molecule has 29 heavy (non-hydrogen) atoms. The number of hydrogen-bond donors (Lipinski definition) is 1. The van der Waals surface area contributed by atoms with E-state index in [4.69, 9.17) is 9.47 Å². The molecule has 2 aliphatic heterocycles. The number of esters is 1. The lowest BCUT2D eigenvalue weighted by molar-refractivity contribution is -0.153. The maximum atomic E-state index is 13.5. The lowest BCUT2D eigenvalue weighted by Crippen LogP contribution is -2.57. The van der Waals surface area contributed by atoms with Crippen LogP contribution in [0.3, 0.4) is 0 Å². The number of amides is 2.